The number of carbonyl (C=O) groups is 3. The minimum absolute atomic E-state index is 0.223. The van der Waals surface area contributed by atoms with Crippen LogP contribution in [-0.2, 0) is 32.0 Å². The van der Waals surface area contributed by atoms with Gasteiger partial charge in [-0.1, -0.05) is 121 Å². The van der Waals surface area contributed by atoms with Crippen LogP contribution in [0.2, 0.25) is 0 Å². The van der Waals surface area contributed by atoms with Crippen LogP contribution >= 0.6 is 0 Å². The summed E-state index contributed by atoms with van der Waals surface area (Å²) in [4.78, 5) is 44.6. The summed E-state index contributed by atoms with van der Waals surface area (Å²) in [5.41, 5.74) is 3.64. The van der Waals surface area contributed by atoms with Gasteiger partial charge in [0.2, 0.25) is 17.7 Å². The molecule has 0 aromatic heterocycles. The largest absolute Gasteiger partial charge is 0.358 e. The molecule has 3 unspecified atom stereocenters. The van der Waals surface area contributed by atoms with E-state index in [1.54, 1.807) is 18.9 Å². The molecule has 2 aliphatic rings. The van der Waals surface area contributed by atoms with E-state index >= 15 is 4.79 Å². The van der Waals surface area contributed by atoms with E-state index in [1.807, 2.05) is 97.1 Å². The van der Waals surface area contributed by atoms with Gasteiger partial charge in [-0.05, 0) is 61.9 Å². The fraction of sp³-hybridized carbons (Fsp3) is 0.357. The van der Waals surface area contributed by atoms with Crippen LogP contribution in [0, 0.1) is 5.41 Å². The summed E-state index contributed by atoms with van der Waals surface area (Å²) in [6.07, 6.45) is 3.11. The third-order valence-corrected chi connectivity index (χ3v) is 10.5. The van der Waals surface area contributed by atoms with Gasteiger partial charge in [-0.3, -0.25) is 14.4 Å². The van der Waals surface area contributed by atoms with Crippen LogP contribution in [-0.4, -0.2) is 60.6 Å². The molecule has 2 aliphatic heterocycles. The number of carbonyl (C=O) groups excluding carboxylic acids is 3. The van der Waals surface area contributed by atoms with E-state index < -0.39 is 35.8 Å². The van der Waals surface area contributed by atoms with Crippen molar-refractivity contribution in [3.05, 3.63) is 144 Å². The highest BCUT2D eigenvalue weighted by Crippen LogP contribution is 2.49. The molecule has 4 aromatic rings. The molecule has 50 heavy (non-hydrogen) atoms. The van der Waals surface area contributed by atoms with Gasteiger partial charge in [-0.2, -0.15) is 0 Å². The Morgan fingerprint density at radius 3 is 1.80 bits per heavy atom. The van der Waals surface area contributed by atoms with Crippen LogP contribution in [0.25, 0.3) is 0 Å². The van der Waals surface area contributed by atoms with Crippen molar-refractivity contribution in [1.29, 1.82) is 0 Å². The number of ether oxygens (including phenoxy) is 1. The van der Waals surface area contributed by atoms with Crippen molar-refractivity contribution in [1.82, 2.24) is 20.9 Å². The molecule has 0 radical (unpaired) electrons. The van der Waals surface area contributed by atoms with E-state index in [-0.39, 0.29) is 17.7 Å². The van der Waals surface area contributed by atoms with Gasteiger partial charge >= 0.3 is 0 Å². The number of amides is 3. The Morgan fingerprint density at radius 1 is 0.800 bits per heavy atom. The first kappa shape index (κ1) is 35.1. The Hall–Kier alpha value is -4.79. The SMILES string of the molecule is CNC(C)C(=O)N[C@H]1CCOC2CC(CCc3ccccc3)(CCc3ccccc3)C(C(=O)NC(c3ccccc3)c3ccccc3)N2C1=O. The summed E-state index contributed by atoms with van der Waals surface area (Å²) in [5, 5.41) is 9.33. The fourth-order valence-corrected chi connectivity index (χ4v) is 7.57. The Bertz CT molecular complexity index is 1620. The lowest BCUT2D eigenvalue weighted by Crippen LogP contribution is -2.59. The summed E-state index contributed by atoms with van der Waals surface area (Å²) in [6.45, 7) is 2.05. The average Bonchev–Trinajstić information content (AvgIpc) is 3.42. The molecule has 3 amide bonds. The number of hydrogen-bond acceptors (Lipinski definition) is 5. The quantitative estimate of drug-likeness (QED) is 0.172. The maximum atomic E-state index is 15.2. The standard InChI is InChI=1S/C42H48N4O4/c1-30(43-2)39(47)44-35-25-28-50-36-29-42(26-23-31-15-7-3-8-16-31,27-24-32-17-9-4-10-18-32)38(46(36)41(35)49)40(48)45-37(33-19-11-5-12-20-33)34-21-13-6-14-22-34/h3-22,30,35-38,43H,23-29H2,1-2H3,(H,44,47)(H,45,48)/t30?,35-,36?,38?/m0/s1. The third-order valence-electron chi connectivity index (χ3n) is 10.5. The van der Waals surface area contributed by atoms with Gasteiger partial charge in [-0.15, -0.1) is 0 Å². The molecule has 3 N–H and O–H groups in total. The number of likely N-dealkylation sites (N-methyl/N-ethyl adjacent to an activating group) is 1. The Morgan fingerprint density at radius 2 is 1.30 bits per heavy atom. The molecule has 2 heterocycles. The zero-order valence-electron chi connectivity index (χ0n) is 29.0. The maximum Gasteiger partial charge on any atom is 0.247 e. The second kappa shape index (κ2) is 16.3. The van der Waals surface area contributed by atoms with Crippen molar-refractivity contribution >= 4 is 17.7 Å². The predicted octanol–water partition coefficient (Wildman–Crippen LogP) is 5.58. The Balaban J connectivity index is 1.42. The second-order valence-corrected chi connectivity index (χ2v) is 13.6. The molecule has 8 nitrogen and oxygen atoms in total. The van der Waals surface area contributed by atoms with Gasteiger partial charge in [0.15, 0.2) is 0 Å². The van der Waals surface area contributed by atoms with Crippen LogP contribution < -0.4 is 16.0 Å². The first-order valence-corrected chi connectivity index (χ1v) is 17.8. The topological polar surface area (TPSA) is 99.8 Å². The van der Waals surface area contributed by atoms with Gasteiger partial charge < -0.3 is 25.6 Å². The van der Waals surface area contributed by atoms with Crippen LogP contribution in [0.1, 0.15) is 60.9 Å². The lowest BCUT2D eigenvalue weighted by Gasteiger charge is -2.39. The molecule has 6 rings (SSSR count). The van der Waals surface area contributed by atoms with E-state index in [0.29, 0.717) is 32.3 Å². The molecule has 0 spiro atoms. The number of fused-ring (bicyclic) bond motifs is 1. The number of rotatable bonds is 13. The molecule has 0 saturated carbocycles. The van der Waals surface area contributed by atoms with Gasteiger partial charge in [0.05, 0.1) is 18.7 Å². The highest BCUT2D eigenvalue weighted by atomic mass is 16.5. The van der Waals surface area contributed by atoms with Gasteiger partial charge in [0.1, 0.15) is 18.3 Å². The Labute approximate surface area is 295 Å². The average molecular weight is 673 g/mol. The molecule has 4 aromatic carbocycles. The van der Waals surface area contributed by atoms with Crippen molar-refractivity contribution in [2.75, 3.05) is 13.7 Å². The first-order chi connectivity index (χ1) is 24.4. The summed E-state index contributed by atoms with van der Waals surface area (Å²) in [7, 11) is 1.71. The van der Waals surface area contributed by atoms with Crippen molar-refractivity contribution in [2.24, 2.45) is 5.41 Å². The molecule has 2 saturated heterocycles. The maximum absolute atomic E-state index is 15.2. The van der Waals surface area contributed by atoms with Crippen molar-refractivity contribution in [3.8, 4) is 0 Å². The van der Waals surface area contributed by atoms with E-state index in [0.717, 1.165) is 24.0 Å². The summed E-state index contributed by atoms with van der Waals surface area (Å²) in [6, 6.07) is 37.9. The van der Waals surface area contributed by atoms with Crippen molar-refractivity contribution in [3.63, 3.8) is 0 Å². The van der Waals surface area contributed by atoms with Crippen molar-refractivity contribution < 1.29 is 19.1 Å². The smallest absolute Gasteiger partial charge is 0.247 e. The number of nitrogens with one attached hydrogen (secondary N) is 3. The first-order valence-electron chi connectivity index (χ1n) is 17.8. The number of benzene rings is 4. The molecule has 8 heteroatoms. The Kier molecular flexibility index (Phi) is 11.4. The highest BCUT2D eigenvalue weighted by Gasteiger charge is 2.58. The molecule has 2 fully saturated rings. The zero-order chi connectivity index (χ0) is 34.9. The summed E-state index contributed by atoms with van der Waals surface area (Å²) < 4.78 is 6.47. The van der Waals surface area contributed by atoms with Crippen molar-refractivity contribution in [2.45, 2.75) is 75.8 Å². The van der Waals surface area contributed by atoms with E-state index in [9.17, 15) is 9.59 Å². The minimum atomic E-state index is -0.832. The lowest BCUT2D eigenvalue weighted by molar-refractivity contribution is -0.150. The molecule has 260 valence electrons. The normalized spacial score (nSPS) is 20.5. The summed E-state index contributed by atoms with van der Waals surface area (Å²) >= 11 is 0. The molecular weight excluding hydrogens is 624 g/mol. The van der Waals surface area contributed by atoms with Gasteiger partial charge in [0.25, 0.3) is 0 Å². The number of hydrogen-bond donors (Lipinski definition) is 3. The molecule has 4 atom stereocenters. The number of nitrogens with zero attached hydrogens (tertiary/aromatic N) is 1. The van der Waals surface area contributed by atoms with Gasteiger partial charge in [-0.25, -0.2) is 0 Å². The highest BCUT2D eigenvalue weighted by molar-refractivity contribution is 5.94. The zero-order valence-corrected chi connectivity index (χ0v) is 29.0. The predicted molar refractivity (Wildman–Crippen MR) is 195 cm³/mol. The van der Waals surface area contributed by atoms with Crippen LogP contribution in [0.5, 0.6) is 0 Å². The number of aryl methyl sites for hydroxylation is 2. The van der Waals surface area contributed by atoms with Gasteiger partial charge in [0, 0.05) is 18.3 Å². The molecule has 0 bridgehead atoms. The fourth-order valence-electron chi connectivity index (χ4n) is 7.57. The molecule has 0 aliphatic carbocycles. The lowest BCUT2D eigenvalue weighted by atomic mass is 9.71. The van der Waals surface area contributed by atoms with E-state index in [2.05, 4.69) is 40.2 Å². The second-order valence-electron chi connectivity index (χ2n) is 13.6. The summed E-state index contributed by atoms with van der Waals surface area (Å²) in [5.74, 6) is -0.766. The van der Waals surface area contributed by atoms with Crippen LogP contribution in [0.15, 0.2) is 121 Å². The third kappa shape index (κ3) is 7.98. The van der Waals surface area contributed by atoms with Crippen LogP contribution in [0.3, 0.4) is 0 Å². The molecular formula is C42H48N4O4. The minimum Gasteiger partial charge on any atom is -0.358 e. The van der Waals surface area contributed by atoms with Crippen LogP contribution in [0.4, 0.5) is 0 Å². The van der Waals surface area contributed by atoms with E-state index in [1.165, 1.54) is 11.1 Å². The van der Waals surface area contributed by atoms with E-state index in [4.69, 9.17) is 4.74 Å². The monoisotopic (exact) mass is 672 g/mol.